The Hall–Kier alpha value is -1.19. The van der Waals surface area contributed by atoms with E-state index in [9.17, 15) is 31.1 Å². The molecular weight excluding hydrogens is 258 g/mol. The number of ether oxygens (including phenoxy) is 1. The maximum atomic E-state index is 11.6. The molecule has 0 aromatic heterocycles. The minimum Gasteiger partial charge on any atom is -0.370 e. The van der Waals surface area contributed by atoms with Crippen molar-refractivity contribution in [3.8, 4) is 0 Å². The van der Waals surface area contributed by atoms with Crippen molar-refractivity contribution in [1.29, 1.82) is 0 Å². The first-order valence-electron chi connectivity index (χ1n) is 4.33. The molecule has 0 rings (SSSR count). The number of nitrogens with one attached hydrogen (secondary N) is 2. The van der Waals surface area contributed by atoms with Crippen molar-refractivity contribution in [2.75, 3.05) is 26.3 Å². The van der Waals surface area contributed by atoms with Crippen LogP contribution in [0.3, 0.4) is 0 Å². The van der Waals surface area contributed by atoms with E-state index in [1.165, 1.54) is 5.32 Å². The Morgan fingerprint density at radius 3 is 2.06 bits per heavy atom. The summed E-state index contributed by atoms with van der Waals surface area (Å²) in [6.07, 6.45) is -9.01. The summed E-state index contributed by atoms with van der Waals surface area (Å²) >= 11 is 0. The zero-order valence-corrected chi connectivity index (χ0v) is 8.41. The van der Waals surface area contributed by atoms with Crippen molar-refractivity contribution >= 4 is 6.03 Å². The second-order valence-corrected chi connectivity index (χ2v) is 2.89. The number of halogens is 6. The van der Waals surface area contributed by atoms with E-state index < -0.39 is 38.1 Å². The summed E-state index contributed by atoms with van der Waals surface area (Å²) in [6, 6.07) is -1.13. The number of hydrogen-bond donors (Lipinski definition) is 2. The van der Waals surface area contributed by atoms with Crippen LogP contribution in [0, 0.1) is 0 Å². The van der Waals surface area contributed by atoms with E-state index in [0.29, 0.717) is 0 Å². The summed E-state index contributed by atoms with van der Waals surface area (Å²) < 4.78 is 73.5. The predicted octanol–water partition coefficient (Wildman–Crippen LogP) is 1.43. The Morgan fingerprint density at radius 1 is 1.00 bits per heavy atom. The van der Waals surface area contributed by atoms with Crippen LogP contribution in [0.1, 0.15) is 0 Å². The highest BCUT2D eigenvalue weighted by atomic mass is 19.4. The lowest BCUT2D eigenvalue weighted by Gasteiger charge is -2.10. The Balaban J connectivity index is 3.47. The molecule has 102 valence electrons. The number of urea groups is 1. The molecule has 10 heteroatoms. The number of hydrogen-bond acceptors (Lipinski definition) is 2. The fourth-order valence-electron chi connectivity index (χ4n) is 0.668. The molecule has 0 aromatic carbocycles. The molecule has 0 spiro atoms. The minimum atomic E-state index is -4.54. The molecule has 0 radical (unpaired) electrons. The second-order valence-electron chi connectivity index (χ2n) is 2.89. The molecule has 2 N–H and O–H groups in total. The van der Waals surface area contributed by atoms with Crippen molar-refractivity contribution in [2.45, 2.75) is 12.4 Å². The highest BCUT2D eigenvalue weighted by Gasteiger charge is 2.28. The van der Waals surface area contributed by atoms with Gasteiger partial charge < -0.3 is 15.4 Å². The van der Waals surface area contributed by atoms with Gasteiger partial charge in [0.25, 0.3) is 0 Å². The van der Waals surface area contributed by atoms with E-state index in [2.05, 4.69) is 4.74 Å². The Labute approximate surface area is 92.3 Å². The standard InChI is InChI=1S/C7H10F6N2O2/c8-6(9,10)3-15-5(16)14-1-2-17-4-7(11,12)13/h1-4H2,(H2,14,15,16). The van der Waals surface area contributed by atoms with Crippen molar-refractivity contribution in [1.82, 2.24) is 10.6 Å². The topological polar surface area (TPSA) is 50.4 Å². The molecule has 17 heavy (non-hydrogen) atoms. The van der Waals surface area contributed by atoms with Crippen LogP contribution < -0.4 is 10.6 Å². The average molecular weight is 268 g/mol. The summed E-state index contributed by atoms with van der Waals surface area (Å²) in [5.74, 6) is 0. The van der Waals surface area contributed by atoms with Gasteiger partial charge >= 0.3 is 18.4 Å². The zero-order chi connectivity index (χ0) is 13.5. The van der Waals surface area contributed by atoms with Gasteiger partial charge in [0, 0.05) is 6.54 Å². The van der Waals surface area contributed by atoms with E-state index >= 15 is 0 Å². The van der Waals surface area contributed by atoms with Gasteiger partial charge in [-0.3, -0.25) is 0 Å². The van der Waals surface area contributed by atoms with Gasteiger partial charge in [0.2, 0.25) is 0 Å². The van der Waals surface area contributed by atoms with Gasteiger partial charge in [0.1, 0.15) is 13.2 Å². The summed E-state index contributed by atoms with van der Waals surface area (Å²) in [6.45, 7) is -3.75. The van der Waals surface area contributed by atoms with Crippen LogP contribution in [0.4, 0.5) is 31.1 Å². The SMILES string of the molecule is O=C(NCCOCC(F)(F)F)NCC(F)(F)F. The van der Waals surface area contributed by atoms with Crippen LogP contribution in [0.15, 0.2) is 0 Å². The quantitative estimate of drug-likeness (QED) is 0.585. The van der Waals surface area contributed by atoms with Gasteiger partial charge in [-0.2, -0.15) is 26.3 Å². The van der Waals surface area contributed by atoms with E-state index in [1.54, 1.807) is 0 Å². The van der Waals surface area contributed by atoms with E-state index in [1.807, 2.05) is 5.32 Å². The average Bonchev–Trinajstić information content (AvgIpc) is 2.11. The lowest BCUT2D eigenvalue weighted by atomic mass is 10.6. The Morgan fingerprint density at radius 2 is 1.59 bits per heavy atom. The van der Waals surface area contributed by atoms with Gasteiger partial charge in [0.15, 0.2) is 0 Å². The van der Waals surface area contributed by atoms with Gasteiger partial charge in [0.05, 0.1) is 6.61 Å². The van der Waals surface area contributed by atoms with Crippen LogP contribution in [-0.4, -0.2) is 44.7 Å². The van der Waals surface area contributed by atoms with Gasteiger partial charge in [-0.15, -0.1) is 0 Å². The molecule has 4 nitrogen and oxygen atoms in total. The minimum absolute atomic E-state index is 0.320. The zero-order valence-electron chi connectivity index (χ0n) is 8.41. The molecule has 2 amide bonds. The molecule has 0 unspecified atom stereocenters. The molecule has 0 aliphatic rings. The third kappa shape index (κ3) is 12.7. The molecular formula is C7H10F6N2O2. The number of rotatable bonds is 5. The lowest BCUT2D eigenvalue weighted by Crippen LogP contribution is -2.42. The molecule has 0 atom stereocenters. The molecule has 0 aliphatic carbocycles. The van der Waals surface area contributed by atoms with Gasteiger partial charge in [-0.1, -0.05) is 0 Å². The molecule has 0 saturated carbocycles. The van der Waals surface area contributed by atoms with Crippen molar-refractivity contribution in [2.24, 2.45) is 0 Å². The van der Waals surface area contributed by atoms with Crippen LogP contribution in [0.2, 0.25) is 0 Å². The highest BCUT2D eigenvalue weighted by molar-refractivity contribution is 5.73. The van der Waals surface area contributed by atoms with Gasteiger partial charge in [-0.05, 0) is 0 Å². The fraction of sp³-hybridized carbons (Fsp3) is 0.857. The number of carbonyl (C=O) groups is 1. The van der Waals surface area contributed by atoms with Crippen LogP contribution in [0.25, 0.3) is 0 Å². The summed E-state index contributed by atoms with van der Waals surface area (Å²) in [5.41, 5.74) is 0. The van der Waals surface area contributed by atoms with E-state index in [4.69, 9.17) is 0 Å². The first-order chi connectivity index (χ1) is 7.60. The highest BCUT2D eigenvalue weighted by Crippen LogP contribution is 2.14. The van der Waals surface area contributed by atoms with Crippen molar-refractivity contribution in [3.05, 3.63) is 0 Å². The fourth-order valence-corrected chi connectivity index (χ4v) is 0.668. The van der Waals surface area contributed by atoms with Gasteiger partial charge in [-0.25, -0.2) is 4.79 Å². The normalized spacial score (nSPS) is 12.4. The smallest absolute Gasteiger partial charge is 0.370 e. The summed E-state index contributed by atoms with van der Waals surface area (Å²) in [7, 11) is 0. The maximum absolute atomic E-state index is 11.6. The molecule has 0 aliphatic heterocycles. The lowest BCUT2D eigenvalue weighted by molar-refractivity contribution is -0.173. The predicted molar refractivity (Wildman–Crippen MR) is 44.3 cm³/mol. The van der Waals surface area contributed by atoms with Crippen molar-refractivity contribution < 1.29 is 35.9 Å². The number of alkyl halides is 6. The van der Waals surface area contributed by atoms with Crippen LogP contribution >= 0.6 is 0 Å². The summed E-state index contributed by atoms with van der Waals surface area (Å²) in [5, 5.41) is 3.38. The van der Waals surface area contributed by atoms with Crippen LogP contribution in [0.5, 0.6) is 0 Å². The molecule has 0 saturated heterocycles. The first-order valence-corrected chi connectivity index (χ1v) is 4.33. The third-order valence-electron chi connectivity index (χ3n) is 1.25. The number of carbonyl (C=O) groups excluding carboxylic acids is 1. The second kappa shape index (κ2) is 6.52. The summed E-state index contributed by atoms with van der Waals surface area (Å²) in [4.78, 5) is 10.6. The molecule has 0 heterocycles. The molecule has 0 aromatic rings. The number of amides is 2. The third-order valence-corrected chi connectivity index (χ3v) is 1.25. The molecule has 0 bridgehead atoms. The monoisotopic (exact) mass is 268 g/mol. The largest absolute Gasteiger partial charge is 0.411 e. The van der Waals surface area contributed by atoms with Crippen molar-refractivity contribution in [3.63, 3.8) is 0 Å². The van der Waals surface area contributed by atoms with Crippen LogP contribution in [-0.2, 0) is 4.74 Å². The maximum Gasteiger partial charge on any atom is 0.411 e. The van der Waals surface area contributed by atoms with E-state index in [-0.39, 0.29) is 6.54 Å². The Bertz CT molecular complexity index is 239. The molecule has 0 fully saturated rings. The Kier molecular flexibility index (Phi) is 6.07. The first kappa shape index (κ1) is 15.8. The van der Waals surface area contributed by atoms with E-state index in [0.717, 1.165) is 0 Å².